The van der Waals surface area contributed by atoms with Gasteiger partial charge in [0.05, 0.1) is 13.2 Å². The summed E-state index contributed by atoms with van der Waals surface area (Å²) < 4.78 is 11.8. The zero-order valence-corrected chi connectivity index (χ0v) is 23.6. The first-order chi connectivity index (χ1) is 19.2. The van der Waals surface area contributed by atoms with Gasteiger partial charge in [0.2, 0.25) is 0 Å². The van der Waals surface area contributed by atoms with Gasteiger partial charge in [-0.3, -0.25) is 0 Å². The van der Waals surface area contributed by atoms with E-state index in [1.165, 1.54) is 60.8 Å². The molecule has 0 radical (unpaired) electrons. The van der Waals surface area contributed by atoms with Gasteiger partial charge < -0.3 is 14.8 Å². The standard InChI is InChI=1S/C36H43NO2/c1-3-5-7-9-27-38-35-23-15-31(16-24-35)29-11-19-33(20-12-29)37-34-21-13-30(14-22-34)32-17-25-36(26-18-32)39-28-10-8-6-4-2/h11-26,37H,3-10,27-28H2,1-2H3. The van der Waals surface area contributed by atoms with Gasteiger partial charge in [0.1, 0.15) is 11.5 Å². The number of rotatable bonds is 16. The minimum Gasteiger partial charge on any atom is -0.494 e. The Bertz CT molecular complexity index is 1110. The van der Waals surface area contributed by atoms with Gasteiger partial charge in [-0.2, -0.15) is 0 Å². The zero-order valence-electron chi connectivity index (χ0n) is 23.6. The monoisotopic (exact) mass is 521 g/mol. The molecule has 0 saturated carbocycles. The van der Waals surface area contributed by atoms with Crippen molar-refractivity contribution in [1.82, 2.24) is 0 Å². The summed E-state index contributed by atoms with van der Waals surface area (Å²) in [4.78, 5) is 0. The Morgan fingerprint density at radius 1 is 0.410 bits per heavy atom. The smallest absolute Gasteiger partial charge is 0.119 e. The fourth-order valence-electron chi connectivity index (χ4n) is 4.58. The van der Waals surface area contributed by atoms with Gasteiger partial charge in [-0.25, -0.2) is 0 Å². The van der Waals surface area contributed by atoms with E-state index in [0.29, 0.717) is 0 Å². The Morgan fingerprint density at radius 2 is 0.744 bits per heavy atom. The maximum absolute atomic E-state index is 5.88. The van der Waals surface area contributed by atoms with E-state index in [2.05, 4.69) is 116 Å². The van der Waals surface area contributed by atoms with Crippen LogP contribution in [0.4, 0.5) is 11.4 Å². The van der Waals surface area contributed by atoms with Crippen LogP contribution in [-0.2, 0) is 0 Å². The first kappa shape index (κ1) is 28.3. The zero-order chi connectivity index (χ0) is 27.1. The van der Waals surface area contributed by atoms with E-state index in [1.54, 1.807) is 0 Å². The van der Waals surface area contributed by atoms with Crippen molar-refractivity contribution in [3.05, 3.63) is 97.1 Å². The molecule has 0 aromatic heterocycles. The second kappa shape index (κ2) is 15.6. The fourth-order valence-corrected chi connectivity index (χ4v) is 4.58. The van der Waals surface area contributed by atoms with E-state index in [4.69, 9.17) is 9.47 Å². The van der Waals surface area contributed by atoms with Crippen molar-refractivity contribution in [2.45, 2.75) is 65.2 Å². The molecule has 39 heavy (non-hydrogen) atoms. The van der Waals surface area contributed by atoms with Gasteiger partial charge in [0.25, 0.3) is 0 Å². The van der Waals surface area contributed by atoms with Crippen LogP contribution in [0, 0.1) is 0 Å². The van der Waals surface area contributed by atoms with Gasteiger partial charge >= 0.3 is 0 Å². The van der Waals surface area contributed by atoms with Crippen LogP contribution in [0.15, 0.2) is 97.1 Å². The number of nitrogens with one attached hydrogen (secondary N) is 1. The largest absolute Gasteiger partial charge is 0.494 e. The van der Waals surface area contributed by atoms with Crippen molar-refractivity contribution in [1.29, 1.82) is 0 Å². The quantitative estimate of drug-likeness (QED) is 0.149. The van der Waals surface area contributed by atoms with Crippen LogP contribution < -0.4 is 14.8 Å². The number of anilines is 2. The molecule has 0 unspecified atom stereocenters. The minimum atomic E-state index is 0.793. The van der Waals surface area contributed by atoms with E-state index in [1.807, 2.05) is 0 Å². The van der Waals surface area contributed by atoms with E-state index < -0.39 is 0 Å². The summed E-state index contributed by atoms with van der Waals surface area (Å²) in [6, 6.07) is 33.9. The molecule has 0 aliphatic rings. The molecule has 0 bridgehead atoms. The van der Waals surface area contributed by atoms with Crippen molar-refractivity contribution in [2.24, 2.45) is 0 Å². The average Bonchev–Trinajstić information content (AvgIpc) is 2.98. The van der Waals surface area contributed by atoms with Crippen LogP contribution in [0.2, 0.25) is 0 Å². The summed E-state index contributed by atoms with van der Waals surface area (Å²) in [7, 11) is 0. The molecule has 0 aliphatic carbocycles. The number of unbranched alkanes of at least 4 members (excludes halogenated alkanes) is 6. The molecule has 4 rings (SSSR count). The molecule has 0 spiro atoms. The first-order valence-electron chi connectivity index (χ1n) is 14.7. The van der Waals surface area contributed by atoms with E-state index in [-0.39, 0.29) is 0 Å². The molecule has 3 nitrogen and oxygen atoms in total. The van der Waals surface area contributed by atoms with Crippen LogP contribution >= 0.6 is 0 Å². The first-order valence-corrected chi connectivity index (χ1v) is 14.7. The number of hydrogen-bond acceptors (Lipinski definition) is 3. The lowest BCUT2D eigenvalue weighted by Crippen LogP contribution is -1.97. The predicted molar refractivity (Wildman–Crippen MR) is 166 cm³/mol. The van der Waals surface area contributed by atoms with Gasteiger partial charge in [-0.05, 0) is 83.6 Å². The normalized spacial score (nSPS) is 10.8. The molecule has 0 aliphatic heterocycles. The minimum absolute atomic E-state index is 0.793. The maximum Gasteiger partial charge on any atom is 0.119 e. The topological polar surface area (TPSA) is 30.5 Å². The van der Waals surface area contributed by atoms with Gasteiger partial charge in [0.15, 0.2) is 0 Å². The van der Waals surface area contributed by atoms with Crippen LogP contribution in [0.5, 0.6) is 11.5 Å². The Hall–Kier alpha value is -3.72. The van der Waals surface area contributed by atoms with Gasteiger partial charge in [-0.1, -0.05) is 101 Å². The molecule has 4 aromatic rings. The van der Waals surface area contributed by atoms with Crippen molar-refractivity contribution >= 4 is 11.4 Å². The Labute approximate surface area is 235 Å². The third kappa shape index (κ3) is 9.21. The summed E-state index contributed by atoms with van der Waals surface area (Å²) in [6.07, 6.45) is 9.78. The van der Waals surface area contributed by atoms with Crippen molar-refractivity contribution in [2.75, 3.05) is 18.5 Å². The molecule has 0 amide bonds. The Kier molecular flexibility index (Phi) is 11.3. The van der Waals surface area contributed by atoms with Crippen molar-refractivity contribution < 1.29 is 9.47 Å². The number of hydrogen-bond donors (Lipinski definition) is 1. The third-order valence-corrected chi connectivity index (χ3v) is 6.97. The lowest BCUT2D eigenvalue weighted by atomic mass is 10.0. The van der Waals surface area contributed by atoms with Crippen molar-refractivity contribution in [3.8, 4) is 33.8 Å². The van der Waals surface area contributed by atoms with Crippen LogP contribution in [0.1, 0.15) is 65.2 Å². The average molecular weight is 522 g/mol. The highest BCUT2D eigenvalue weighted by Crippen LogP contribution is 2.28. The molecule has 3 heteroatoms. The highest BCUT2D eigenvalue weighted by molar-refractivity contribution is 5.71. The molecule has 204 valence electrons. The summed E-state index contributed by atoms with van der Waals surface area (Å²) in [5.74, 6) is 1.89. The second-order valence-corrected chi connectivity index (χ2v) is 10.1. The third-order valence-electron chi connectivity index (χ3n) is 6.97. The predicted octanol–water partition coefficient (Wildman–Crippen LogP) is 10.7. The summed E-state index contributed by atoms with van der Waals surface area (Å²) >= 11 is 0. The number of benzene rings is 4. The van der Waals surface area contributed by atoms with Crippen molar-refractivity contribution in [3.63, 3.8) is 0 Å². The molecular formula is C36H43NO2. The lowest BCUT2D eigenvalue weighted by molar-refractivity contribution is 0.305. The second-order valence-electron chi connectivity index (χ2n) is 10.1. The molecular weight excluding hydrogens is 478 g/mol. The summed E-state index contributed by atoms with van der Waals surface area (Å²) in [5, 5.41) is 3.51. The molecule has 0 saturated heterocycles. The summed E-state index contributed by atoms with van der Waals surface area (Å²) in [6.45, 7) is 6.04. The molecule has 0 fully saturated rings. The van der Waals surface area contributed by atoms with Gasteiger partial charge in [0, 0.05) is 11.4 Å². The summed E-state index contributed by atoms with van der Waals surface area (Å²) in [5.41, 5.74) is 6.91. The van der Waals surface area contributed by atoms with Gasteiger partial charge in [-0.15, -0.1) is 0 Å². The lowest BCUT2D eigenvalue weighted by Gasteiger charge is -2.10. The Morgan fingerprint density at radius 3 is 1.08 bits per heavy atom. The molecule has 1 N–H and O–H groups in total. The van der Waals surface area contributed by atoms with Crippen LogP contribution in [0.3, 0.4) is 0 Å². The van der Waals surface area contributed by atoms with Crippen LogP contribution in [-0.4, -0.2) is 13.2 Å². The van der Waals surface area contributed by atoms with E-state index in [0.717, 1.165) is 48.9 Å². The van der Waals surface area contributed by atoms with E-state index in [9.17, 15) is 0 Å². The highest BCUT2D eigenvalue weighted by atomic mass is 16.5. The number of ether oxygens (including phenoxy) is 2. The highest BCUT2D eigenvalue weighted by Gasteiger charge is 2.03. The molecule has 0 atom stereocenters. The molecule has 4 aromatic carbocycles. The maximum atomic E-state index is 5.88. The fraction of sp³-hybridized carbons (Fsp3) is 0.333. The Balaban J connectivity index is 1.26. The van der Waals surface area contributed by atoms with Crippen LogP contribution in [0.25, 0.3) is 22.3 Å². The van der Waals surface area contributed by atoms with E-state index >= 15 is 0 Å². The SMILES string of the molecule is CCCCCCOc1ccc(-c2ccc(Nc3ccc(-c4ccc(OCCCCCC)cc4)cc3)cc2)cc1. The molecule has 0 heterocycles.